The van der Waals surface area contributed by atoms with Crippen LogP contribution < -0.4 is 0 Å². The number of rotatable bonds is 5. The van der Waals surface area contributed by atoms with Crippen LogP contribution in [0.4, 0.5) is 0 Å². The Kier molecular flexibility index (Phi) is 5.66. The van der Waals surface area contributed by atoms with Gasteiger partial charge in [-0.05, 0) is 57.5 Å². The normalized spacial score (nSPS) is 11.0. The first kappa shape index (κ1) is 19.2. The lowest BCUT2D eigenvalue weighted by Crippen LogP contribution is -2.36. The number of halogens is 1. The maximum atomic E-state index is 12.9. The van der Waals surface area contributed by atoms with Crippen LogP contribution in [0.1, 0.15) is 41.0 Å². The van der Waals surface area contributed by atoms with E-state index in [2.05, 4.69) is 31.1 Å². The maximum Gasteiger partial charge on any atom is 0.254 e. The van der Waals surface area contributed by atoms with E-state index in [1.54, 1.807) is 29.2 Å². The second kappa shape index (κ2) is 7.97. The van der Waals surface area contributed by atoms with Gasteiger partial charge in [0.2, 0.25) is 0 Å². The first-order valence-electron chi connectivity index (χ1n) is 8.95. The average molecular weight is 383 g/mol. The van der Waals surface area contributed by atoms with Crippen LogP contribution in [0.5, 0.6) is 0 Å². The Bertz CT molecular complexity index is 945. The quantitative estimate of drug-likeness (QED) is 0.571. The molecule has 1 heterocycles. The van der Waals surface area contributed by atoms with E-state index in [0.717, 1.165) is 16.8 Å². The number of amides is 1. The summed E-state index contributed by atoms with van der Waals surface area (Å²) in [7, 11) is 0. The van der Waals surface area contributed by atoms with Gasteiger partial charge < -0.3 is 9.42 Å². The number of hydrogen-bond donors (Lipinski definition) is 0. The zero-order valence-corrected chi connectivity index (χ0v) is 16.7. The highest BCUT2D eigenvalue weighted by Gasteiger charge is 2.21. The van der Waals surface area contributed by atoms with Gasteiger partial charge in [0.25, 0.3) is 5.91 Å². The van der Waals surface area contributed by atoms with Gasteiger partial charge in [0.15, 0.2) is 5.76 Å². The summed E-state index contributed by atoms with van der Waals surface area (Å²) < 4.78 is 5.55. The van der Waals surface area contributed by atoms with E-state index in [9.17, 15) is 4.79 Å². The Labute approximate surface area is 164 Å². The van der Waals surface area contributed by atoms with E-state index in [1.807, 2.05) is 26.0 Å². The number of benzene rings is 2. The fourth-order valence-electron chi connectivity index (χ4n) is 3.03. The predicted molar refractivity (Wildman–Crippen MR) is 108 cm³/mol. The van der Waals surface area contributed by atoms with Crippen LogP contribution in [0, 0.1) is 13.8 Å². The minimum absolute atomic E-state index is 0.0226. The number of carbonyl (C=O) groups excluding carboxylic acids is 1. The topological polar surface area (TPSA) is 46.3 Å². The molecule has 0 aliphatic rings. The van der Waals surface area contributed by atoms with Crippen molar-refractivity contribution in [3.8, 4) is 11.3 Å². The van der Waals surface area contributed by atoms with Gasteiger partial charge in [-0.3, -0.25) is 4.79 Å². The second-order valence-corrected chi connectivity index (χ2v) is 7.47. The summed E-state index contributed by atoms with van der Waals surface area (Å²) in [6, 6.07) is 15.1. The largest absolute Gasteiger partial charge is 0.356 e. The standard InChI is InChI=1S/C22H23ClN2O2/c1-14(2)25(22(26)17-6-8-18(23)9-7-17)13-19-12-21(27-24-19)20-10-5-15(3)11-16(20)4/h5-12,14H,13H2,1-4H3. The first-order chi connectivity index (χ1) is 12.8. The van der Waals surface area contributed by atoms with Gasteiger partial charge >= 0.3 is 0 Å². The predicted octanol–water partition coefficient (Wildman–Crippen LogP) is 5.66. The van der Waals surface area contributed by atoms with Crippen LogP contribution >= 0.6 is 11.6 Å². The maximum absolute atomic E-state index is 12.9. The lowest BCUT2D eigenvalue weighted by molar-refractivity contribution is 0.0686. The number of nitrogens with zero attached hydrogens (tertiary/aromatic N) is 2. The third-order valence-corrected chi connectivity index (χ3v) is 4.77. The van der Waals surface area contributed by atoms with E-state index in [1.165, 1.54) is 5.56 Å². The smallest absolute Gasteiger partial charge is 0.254 e. The van der Waals surface area contributed by atoms with Crippen molar-refractivity contribution in [2.75, 3.05) is 0 Å². The Morgan fingerprint density at radius 1 is 1.11 bits per heavy atom. The monoisotopic (exact) mass is 382 g/mol. The van der Waals surface area contributed by atoms with Gasteiger partial charge in [-0.15, -0.1) is 0 Å². The van der Waals surface area contributed by atoms with Gasteiger partial charge in [0.1, 0.15) is 5.69 Å². The van der Waals surface area contributed by atoms with Gasteiger partial charge in [-0.1, -0.05) is 40.5 Å². The van der Waals surface area contributed by atoms with Crippen molar-refractivity contribution in [3.63, 3.8) is 0 Å². The molecule has 0 bridgehead atoms. The van der Waals surface area contributed by atoms with Crippen LogP contribution in [0.2, 0.25) is 5.02 Å². The Balaban J connectivity index is 1.82. The summed E-state index contributed by atoms with van der Waals surface area (Å²) in [4.78, 5) is 14.7. The molecule has 2 aromatic carbocycles. The molecule has 0 fully saturated rings. The van der Waals surface area contributed by atoms with Crippen molar-refractivity contribution < 1.29 is 9.32 Å². The minimum Gasteiger partial charge on any atom is -0.356 e. The van der Waals surface area contributed by atoms with E-state index in [0.29, 0.717) is 22.9 Å². The summed E-state index contributed by atoms with van der Waals surface area (Å²) in [5, 5.41) is 4.79. The Hall–Kier alpha value is -2.59. The van der Waals surface area contributed by atoms with Crippen molar-refractivity contribution in [2.45, 2.75) is 40.3 Å². The number of hydrogen-bond acceptors (Lipinski definition) is 3. The molecular weight excluding hydrogens is 360 g/mol. The van der Waals surface area contributed by atoms with E-state index in [4.69, 9.17) is 16.1 Å². The Morgan fingerprint density at radius 2 is 1.81 bits per heavy atom. The molecule has 0 aliphatic carbocycles. The van der Waals surface area contributed by atoms with E-state index in [-0.39, 0.29) is 11.9 Å². The highest BCUT2D eigenvalue weighted by Crippen LogP contribution is 2.26. The summed E-state index contributed by atoms with van der Waals surface area (Å²) in [5.41, 5.74) is 4.68. The van der Waals surface area contributed by atoms with Crippen LogP contribution in [0.15, 0.2) is 53.1 Å². The second-order valence-electron chi connectivity index (χ2n) is 7.03. The third kappa shape index (κ3) is 4.40. The molecule has 0 aliphatic heterocycles. The summed E-state index contributed by atoms with van der Waals surface area (Å²) in [6.45, 7) is 8.46. The number of aromatic nitrogens is 1. The summed E-state index contributed by atoms with van der Waals surface area (Å²) in [6.07, 6.45) is 0. The lowest BCUT2D eigenvalue weighted by Gasteiger charge is -2.25. The minimum atomic E-state index is -0.0577. The molecule has 3 rings (SSSR count). The van der Waals surface area contributed by atoms with Gasteiger partial charge in [0, 0.05) is 28.3 Å². The van der Waals surface area contributed by atoms with Crippen molar-refractivity contribution in [2.24, 2.45) is 0 Å². The third-order valence-electron chi connectivity index (χ3n) is 4.51. The van der Waals surface area contributed by atoms with Gasteiger partial charge in [-0.2, -0.15) is 0 Å². The summed E-state index contributed by atoms with van der Waals surface area (Å²) >= 11 is 5.92. The molecule has 0 spiro atoms. The number of carbonyl (C=O) groups is 1. The van der Waals surface area contributed by atoms with Crippen LogP contribution in [0.3, 0.4) is 0 Å². The van der Waals surface area contributed by atoms with Crippen molar-refractivity contribution in [3.05, 3.63) is 75.9 Å². The highest BCUT2D eigenvalue weighted by atomic mass is 35.5. The molecule has 0 atom stereocenters. The van der Waals surface area contributed by atoms with Crippen molar-refractivity contribution in [1.82, 2.24) is 10.1 Å². The molecule has 5 heteroatoms. The van der Waals surface area contributed by atoms with Crippen LogP contribution in [0.25, 0.3) is 11.3 Å². The fraction of sp³-hybridized carbons (Fsp3) is 0.273. The zero-order valence-electron chi connectivity index (χ0n) is 16.0. The Morgan fingerprint density at radius 3 is 2.44 bits per heavy atom. The van der Waals surface area contributed by atoms with Crippen LogP contribution in [-0.4, -0.2) is 22.0 Å². The molecule has 1 amide bonds. The van der Waals surface area contributed by atoms with Gasteiger partial charge in [0.05, 0.1) is 6.54 Å². The average Bonchev–Trinajstić information content (AvgIpc) is 3.08. The summed E-state index contributed by atoms with van der Waals surface area (Å²) in [5.74, 6) is 0.655. The molecule has 0 saturated heterocycles. The lowest BCUT2D eigenvalue weighted by atomic mass is 10.0. The fourth-order valence-corrected chi connectivity index (χ4v) is 3.15. The molecule has 1 aromatic heterocycles. The molecule has 27 heavy (non-hydrogen) atoms. The highest BCUT2D eigenvalue weighted by molar-refractivity contribution is 6.30. The van der Waals surface area contributed by atoms with Crippen molar-refractivity contribution in [1.29, 1.82) is 0 Å². The zero-order chi connectivity index (χ0) is 19.6. The SMILES string of the molecule is Cc1ccc(-c2cc(CN(C(=O)c3ccc(Cl)cc3)C(C)C)no2)c(C)c1. The molecule has 0 saturated carbocycles. The van der Waals surface area contributed by atoms with E-state index < -0.39 is 0 Å². The van der Waals surface area contributed by atoms with E-state index >= 15 is 0 Å². The number of aryl methyl sites for hydroxylation is 2. The molecule has 3 aromatic rings. The molecule has 0 unspecified atom stereocenters. The van der Waals surface area contributed by atoms with Gasteiger partial charge in [-0.25, -0.2) is 0 Å². The van der Waals surface area contributed by atoms with Crippen LogP contribution in [-0.2, 0) is 6.54 Å². The molecule has 4 nitrogen and oxygen atoms in total. The molecular formula is C22H23ClN2O2. The molecule has 140 valence electrons. The molecule has 0 radical (unpaired) electrons. The van der Waals surface area contributed by atoms with Crippen molar-refractivity contribution >= 4 is 17.5 Å². The molecule has 0 N–H and O–H groups in total. The first-order valence-corrected chi connectivity index (χ1v) is 9.32.